The highest BCUT2D eigenvalue weighted by Gasteiger charge is 2.24. The van der Waals surface area contributed by atoms with E-state index in [1.807, 2.05) is 12.1 Å². The Balaban J connectivity index is 2.01. The van der Waals surface area contributed by atoms with Gasteiger partial charge in [0.25, 0.3) is 0 Å². The minimum Gasteiger partial charge on any atom is -0.480 e. The van der Waals surface area contributed by atoms with E-state index >= 15 is 0 Å². The zero-order valence-corrected chi connectivity index (χ0v) is 12.1. The summed E-state index contributed by atoms with van der Waals surface area (Å²) in [7, 11) is 0. The second kappa shape index (κ2) is 6.72. The van der Waals surface area contributed by atoms with Crippen LogP contribution < -0.4 is 5.32 Å². The number of fused-ring (bicyclic) bond motifs is 1. The van der Waals surface area contributed by atoms with Crippen LogP contribution in [0.25, 0.3) is 0 Å². The molecule has 2 atom stereocenters. The van der Waals surface area contributed by atoms with E-state index in [2.05, 4.69) is 11.4 Å². The Morgan fingerprint density at radius 3 is 2.52 bits per heavy atom. The van der Waals surface area contributed by atoms with Crippen molar-refractivity contribution in [2.24, 2.45) is 0 Å². The number of rotatable bonds is 5. The van der Waals surface area contributed by atoms with E-state index in [4.69, 9.17) is 5.11 Å². The Morgan fingerprint density at radius 1 is 1.24 bits per heavy atom. The Bertz CT molecular complexity index is 539. The molecule has 0 spiro atoms. The van der Waals surface area contributed by atoms with E-state index in [1.165, 1.54) is 30.9 Å². The van der Waals surface area contributed by atoms with E-state index < -0.39 is 18.1 Å². The zero-order valence-electron chi connectivity index (χ0n) is 12.1. The van der Waals surface area contributed by atoms with Crippen molar-refractivity contribution in [2.45, 2.75) is 51.2 Å². The predicted octanol–water partition coefficient (Wildman–Crippen LogP) is 1.06. The summed E-state index contributed by atoms with van der Waals surface area (Å²) in [4.78, 5) is 22.9. The topological polar surface area (TPSA) is 86.6 Å². The van der Waals surface area contributed by atoms with Crippen LogP contribution in [0.4, 0.5) is 0 Å². The van der Waals surface area contributed by atoms with Crippen LogP contribution in [0.15, 0.2) is 18.2 Å². The van der Waals surface area contributed by atoms with Gasteiger partial charge in [0.2, 0.25) is 5.91 Å². The molecule has 0 aliphatic heterocycles. The van der Waals surface area contributed by atoms with Gasteiger partial charge in [-0.2, -0.15) is 0 Å². The first-order chi connectivity index (χ1) is 9.97. The van der Waals surface area contributed by atoms with Crippen molar-refractivity contribution in [2.75, 3.05) is 0 Å². The summed E-state index contributed by atoms with van der Waals surface area (Å²) >= 11 is 0. The SMILES string of the molecule is C[C@@H](O)[C@H](NC(=O)Cc1ccc2c(c1)CCCC2)C(=O)O. The molecule has 1 aromatic carbocycles. The summed E-state index contributed by atoms with van der Waals surface area (Å²) in [6, 6.07) is 4.74. The number of hydrogen-bond acceptors (Lipinski definition) is 3. The normalized spacial score (nSPS) is 16.7. The molecule has 1 amide bonds. The van der Waals surface area contributed by atoms with Crippen molar-refractivity contribution < 1.29 is 19.8 Å². The molecule has 0 radical (unpaired) electrons. The number of amides is 1. The third-order valence-electron chi connectivity index (χ3n) is 3.84. The van der Waals surface area contributed by atoms with E-state index in [-0.39, 0.29) is 12.3 Å². The average Bonchev–Trinajstić information content (AvgIpc) is 2.44. The molecule has 5 nitrogen and oxygen atoms in total. The van der Waals surface area contributed by atoms with Gasteiger partial charge < -0.3 is 15.5 Å². The molecule has 0 unspecified atom stereocenters. The third-order valence-corrected chi connectivity index (χ3v) is 3.84. The molecule has 0 aromatic heterocycles. The van der Waals surface area contributed by atoms with Crippen LogP contribution in [0.5, 0.6) is 0 Å². The lowest BCUT2D eigenvalue weighted by Crippen LogP contribution is -2.48. The van der Waals surface area contributed by atoms with E-state index in [9.17, 15) is 14.7 Å². The average molecular weight is 291 g/mol. The maximum atomic E-state index is 11.9. The molecule has 114 valence electrons. The number of carbonyl (C=O) groups excluding carboxylic acids is 1. The number of carbonyl (C=O) groups is 2. The number of benzene rings is 1. The maximum absolute atomic E-state index is 11.9. The summed E-state index contributed by atoms with van der Waals surface area (Å²) < 4.78 is 0. The van der Waals surface area contributed by atoms with E-state index in [0.29, 0.717) is 0 Å². The maximum Gasteiger partial charge on any atom is 0.328 e. The monoisotopic (exact) mass is 291 g/mol. The number of hydrogen-bond donors (Lipinski definition) is 3. The van der Waals surface area contributed by atoms with Crippen LogP contribution in [-0.2, 0) is 28.9 Å². The number of carboxylic acid groups (broad SMARTS) is 1. The van der Waals surface area contributed by atoms with Crippen LogP contribution in [0.3, 0.4) is 0 Å². The van der Waals surface area contributed by atoms with Crippen LogP contribution in [0.1, 0.15) is 36.5 Å². The minimum atomic E-state index is -1.27. The van der Waals surface area contributed by atoms with E-state index in [1.54, 1.807) is 0 Å². The lowest BCUT2D eigenvalue weighted by atomic mass is 9.90. The van der Waals surface area contributed by atoms with Gasteiger partial charge in [-0.25, -0.2) is 4.79 Å². The number of carboxylic acids is 1. The molecule has 0 heterocycles. The first kappa shape index (κ1) is 15.5. The van der Waals surface area contributed by atoms with Crippen LogP contribution >= 0.6 is 0 Å². The van der Waals surface area contributed by atoms with Crippen molar-refractivity contribution >= 4 is 11.9 Å². The fourth-order valence-electron chi connectivity index (χ4n) is 2.70. The molecule has 21 heavy (non-hydrogen) atoms. The van der Waals surface area contributed by atoms with Crippen LogP contribution in [0, 0.1) is 0 Å². The molecule has 1 aromatic rings. The zero-order chi connectivity index (χ0) is 15.4. The second-order valence-electron chi connectivity index (χ2n) is 5.61. The molecule has 3 N–H and O–H groups in total. The highest BCUT2D eigenvalue weighted by molar-refractivity contribution is 5.85. The molecule has 0 saturated carbocycles. The van der Waals surface area contributed by atoms with Crippen molar-refractivity contribution in [1.29, 1.82) is 0 Å². The van der Waals surface area contributed by atoms with Gasteiger partial charge in [-0.15, -0.1) is 0 Å². The fourth-order valence-corrected chi connectivity index (χ4v) is 2.70. The van der Waals surface area contributed by atoms with Crippen molar-refractivity contribution in [1.82, 2.24) is 5.32 Å². The molecule has 0 bridgehead atoms. The molecule has 0 saturated heterocycles. The number of aryl methyl sites for hydroxylation is 2. The molecular formula is C16H21NO4. The third kappa shape index (κ3) is 4.04. The van der Waals surface area contributed by atoms with Crippen LogP contribution in [0.2, 0.25) is 0 Å². The van der Waals surface area contributed by atoms with Gasteiger partial charge in [-0.3, -0.25) is 4.79 Å². The molecule has 2 rings (SSSR count). The quantitative estimate of drug-likeness (QED) is 0.757. The lowest BCUT2D eigenvalue weighted by Gasteiger charge is -2.18. The molecular weight excluding hydrogens is 270 g/mol. The molecule has 0 fully saturated rings. The number of aliphatic hydroxyl groups is 1. The summed E-state index contributed by atoms with van der Waals surface area (Å²) in [6.45, 7) is 1.35. The fraction of sp³-hybridized carbons (Fsp3) is 0.500. The predicted molar refractivity (Wildman–Crippen MR) is 78.0 cm³/mol. The standard InChI is InChI=1S/C16H21NO4/c1-10(18)15(16(20)21)17-14(19)9-11-6-7-12-4-2-3-5-13(12)8-11/h6-8,10,15,18H,2-5,9H2,1H3,(H,17,19)(H,20,21)/t10-,15+/m1/s1. The molecule has 1 aliphatic rings. The van der Waals surface area contributed by atoms with Gasteiger partial charge in [-0.05, 0) is 49.3 Å². The van der Waals surface area contributed by atoms with Gasteiger partial charge in [0.1, 0.15) is 0 Å². The highest BCUT2D eigenvalue weighted by Crippen LogP contribution is 2.22. The Hall–Kier alpha value is -1.88. The van der Waals surface area contributed by atoms with Gasteiger partial charge in [-0.1, -0.05) is 18.2 Å². The van der Waals surface area contributed by atoms with Gasteiger partial charge in [0.15, 0.2) is 6.04 Å². The van der Waals surface area contributed by atoms with Gasteiger partial charge in [0.05, 0.1) is 12.5 Å². The van der Waals surface area contributed by atoms with Crippen molar-refractivity contribution in [3.05, 3.63) is 34.9 Å². The van der Waals surface area contributed by atoms with Gasteiger partial charge in [0, 0.05) is 0 Å². The molecule has 1 aliphatic carbocycles. The van der Waals surface area contributed by atoms with E-state index in [0.717, 1.165) is 18.4 Å². The van der Waals surface area contributed by atoms with Crippen LogP contribution in [-0.4, -0.2) is 34.2 Å². The Labute approximate surface area is 124 Å². The van der Waals surface area contributed by atoms with Crippen molar-refractivity contribution in [3.63, 3.8) is 0 Å². The summed E-state index contributed by atoms with van der Waals surface area (Å²) in [6.07, 6.45) is 3.51. The minimum absolute atomic E-state index is 0.129. The van der Waals surface area contributed by atoms with Gasteiger partial charge >= 0.3 is 5.97 Å². The Morgan fingerprint density at radius 2 is 1.90 bits per heavy atom. The lowest BCUT2D eigenvalue weighted by molar-refractivity contribution is -0.144. The summed E-state index contributed by atoms with van der Waals surface area (Å²) in [5, 5.41) is 20.7. The smallest absolute Gasteiger partial charge is 0.328 e. The second-order valence-corrected chi connectivity index (χ2v) is 5.61. The first-order valence-corrected chi connectivity index (χ1v) is 7.28. The first-order valence-electron chi connectivity index (χ1n) is 7.28. The summed E-state index contributed by atoms with van der Waals surface area (Å²) in [5.74, 6) is -1.62. The molecule has 5 heteroatoms. The Kier molecular flexibility index (Phi) is 4.96. The summed E-state index contributed by atoms with van der Waals surface area (Å²) in [5.41, 5.74) is 3.51. The highest BCUT2D eigenvalue weighted by atomic mass is 16.4. The number of nitrogens with one attached hydrogen (secondary N) is 1. The van der Waals surface area contributed by atoms with Crippen molar-refractivity contribution in [3.8, 4) is 0 Å². The number of aliphatic hydroxyl groups excluding tert-OH is 1. The number of aliphatic carboxylic acids is 1. The largest absolute Gasteiger partial charge is 0.480 e.